The molecule has 2 saturated heterocycles. The van der Waals surface area contributed by atoms with Gasteiger partial charge in [-0.15, -0.1) is 0 Å². The summed E-state index contributed by atoms with van der Waals surface area (Å²) in [6.45, 7) is 3.88. The van der Waals surface area contributed by atoms with Crippen molar-refractivity contribution in [3.63, 3.8) is 0 Å². The number of nitrogen functional groups attached to an aromatic ring is 1. The lowest BCUT2D eigenvalue weighted by Crippen LogP contribution is -2.51. The highest BCUT2D eigenvalue weighted by molar-refractivity contribution is 5.94. The second-order valence-corrected chi connectivity index (χ2v) is 8.27. The SMILES string of the molecule is CN1C[C@H](c2ccccc2)CC2(CCN(C(=O)c3ccc(N)nc3)CC2)C1. The third kappa shape index (κ3) is 3.83. The molecule has 142 valence electrons. The molecule has 1 amide bonds. The van der Waals surface area contributed by atoms with E-state index < -0.39 is 0 Å². The van der Waals surface area contributed by atoms with Crippen molar-refractivity contribution in [1.29, 1.82) is 0 Å². The van der Waals surface area contributed by atoms with Crippen molar-refractivity contribution in [2.45, 2.75) is 25.2 Å². The van der Waals surface area contributed by atoms with E-state index in [0.29, 0.717) is 22.7 Å². The van der Waals surface area contributed by atoms with Gasteiger partial charge in [0.1, 0.15) is 5.82 Å². The van der Waals surface area contributed by atoms with Crippen LogP contribution in [0.3, 0.4) is 0 Å². The Hall–Kier alpha value is -2.40. The van der Waals surface area contributed by atoms with E-state index in [0.717, 1.165) is 39.0 Å². The number of hydrogen-bond donors (Lipinski definition) is 1. The van der Waals surface area contributed by atoms with Crippen LogP contribution >= 0.6 is 0 Å². The standard InChI is InChI=1S/C22H28N4O/c1-25-15-19(17-5-3-2-4-6-17)13-22(16-25)9-11-26(12-10-22)21(27)18-7-8-20(23)24-14-18/h2-8,14,19H,9-13,15-16H2,1H3,(H2,23,24)/t19-/m1/s1. The zero-order chi connectivity index (χ0) is 18.9. The summed E-state index contributed by atoms with van der Waals surface area (Å²) in [5, 5.41) is 0. The van der Waals surface area contributed by atoms with Crippen LogP contribution in [0.1, 0.15) is 41.1 Å². The number of piperidine rings is 2. The van der Waals surface area contributed by atoms with E-state index in [-0.39, 0.29) is 5.91 Å². The van der Waals surface area contributed by atoms with Crippen LogP contribution in [0.4, 0.5) is 5.82 Å². The summed E-state index contributed by atoms with van der Waals surface area (Å²) >= 11 is 0. The minimum absolute atomic E-state index is 0.0705. The molecule has 2 aliphatic rings. The number of rotatable bonds is 2. The fourth-order valence-corrected chi connectivity index (χ4v) is 4.87. The van der Waals surface area contributed by atoms with Crippen LogP contribution in [0.25, 0.3) is 0 Å². The highest BCUT2D eigenvalue weighted by atomic mass is 16.2. The topological polar surface area (TPSA) is 62.5 Å². The molecule has 0 aliphatic carbocycles. The monoisotopic (exact) mass is 364 g/mol. The summed E-state index contributed by atoms with van der Waals surface area (Å²) < 4.78 is 0. The van der Waals surface area contributed by atoms with Gasteiger partial charge in [-0.25, -0.2) is 4.98 Å². The van der Waals surface area contributed by atoms with Crippen LogP contribution < -0.4 is 5.73 Å². The lowest BCUT2D eigenvalue weighted by Gasteiger charge is -2.49. The number of aromatic nitrogens is 1. The van der Waals surface area contributed by atoms with Crippen LogP contribution in [0.2, 0.25) is 0 Å². The fraction of sp³-hybridized carbons (Fsp3) is 0.455. The van der Waals surface area contributed by atoms with E-state index in [1.807, 2.05) is 4.90 Å². The van der Waals surface area contributed by atoms with Crippen molar-refractivity contribution in [3.05, 3.63) is 59.8 Å². The molecule has 1 atom stereocenters. The minimum Gasteiger partial charge on any atom is -0.384 e. The molecule has 27 heavy (non-hydrogen) atoms. The Bertz CT molecular complexity index is 782. The minimum atomic E-state index is 0.0705. The zero-order valence-electron chi connectivity index (χ0n) is 16.0. The van der Waals surface area contributed by atoms with E-state index in [1.54, 1.807) is 18.3 Å². The van der Waals surface area contributed by atoms with Gasteiger partial charge in [0.2, 0.25) is 0 Å². The maximum atomic E-state index is 12.8. The molecule has 5 nitrogen and oxygen atoms in total. The molecule has 2 N–H and O–H groups in total. The zero-order valence-corrected chi connectivity index (χ0v) is 16.0. The highest BCUT2D eigenvalue weighted by Crippen LogP contribution is 2.44. The molecule has 1 spiro atoms. The first kappa shape index (κ1) is 18.0. The van der Waals surface area contributed by atoms with Crippen LogP contribution in [0.15, 0.2) is 48.7 Å². The second kappa shape index (κ2) is 7.31. The molecule has 2 aliphatic heterocycles. The van der Waals surface area contributed by atoms with Gasteiger partial charge in [-0.3, -0.25) is 4.79 Å². The first-order valence-corrected chi connectivity index (χ1v) is 9.79. The number of likely N-dealkylation sites (N-methyl/N-ethyl adjacent to an activating group) is 1. The third-order valence-corrected chi connectivity index (χ3v) is 6.23. The van der Waals surface area contributed by atoms with Gasteiger partial charge in [0.05, 0.1) is 5.56 Å². The number of nitrogens with two attached hydrogens (primary N) is 1. The summed E-state index contributed by atoms with van der Waals surface area (Å²) in [6.07, 6.45) is 4.93. The Kier molecular flexibility index (Phi) is 4.87. The molecule has 0 radical (unpaired) electrons. The first-order valence-electron chi connectivity index (χ1n) is 9.79. The number of likely N-dealkylation sites (tertiary alicyclic amines) is 2. The average Bonchev–Trinajstić information content (AvgIpc) is 2.69. The Balaban J connectivity index is 1.44. The van der Waals surface area contributed by atoms with Gasteiger partial charge in [-0.1, -0.05) is 30.3 Å². The number of benzene rings is 1. The smallest absolute Gasteiger partial charge is 0.255 e. The number of hydrogen-bond acceptors (Lipinski definition) is 4. The van der Waals surface area contributed by atoms with Crippen LogP contribution in [-0.4, -0.2) is 53.9 Å². The molecular formula is C22H28N4O. The first-order chi connectivity index (χ1) is 13.0. The molecule has 5 heteroatoms. The third-order valence-electron chi connectivity index (χ3n) is 6.23. The van der Waals surface area contributed by atoms with Crippen LogP contribution in [0, 0.1) is 5.41 Å². The van der Waals surface area contributed by atoms with E-state index >= 15 is 0 Å². The van der Waals surface area contributed by atoms with E-state index in [2.05, 4.69) is 47.3 Å². The second-order valence-electron chi connectivity index (χ2n) is 8.27. The lowest BCUT2D eigenvalue weighted by molar-refractivity contribution is 0.0224. The summed E-state index contributed by atoms with van der Waals surface area (Å²) in [4.78, 5) is 21.3. The van der Waals surface area contributed by atoms with Crippen LogP contribution in [-0.2, 0) is 0 Å². The predicted molar refractivity (Wildman–Crippen MR) is 108 cm³/mol. The number of nitrogens with zero attached hydrogens (tertiary/aromatic N) is 3. The summed E-state index contributed by atoms with van der Waals surface area (Å²) in [7, 11) is 2.23. The summed E-state index contributed by atoms with van der Waals surface area (Å²) in [5.41, 5.74) is 8.01. The molecule has 0 saturated carbocycles. The van der Waals surface area contributed by atoms with Gasteiger partial charge in [-0.05, 0) is 55.3 Å². The van der Waals surface area contributed by atoms with Gasteiger partial charge in [0.25, 0.3) is 5.91 Å². The number of pyridine rings is 1. The molecule has 1 aromatic heterocycles. The van der Waals surface area contributed by atoms with Crippen molar-refractivity contribution >= 4 is 11.7 Å². The van der Waals surface area contributed by atoms with Crippen LogP contribution in [0.5, 0.6) is 0 Å². The molecule has 3 heterocycles. The van der Waals surface area contributed by atoms with E-state index in [4.69, 9.17) is 5.73 Å². The average molecular weight is 364 g/mol. The summed E-state index contributed by atoms with van der Waals surface area (Å²) in [6, 6.07) is 14.3. The Morgan fingerprint density at radius 3 is 2.56 bits per heavy atom. The fourth-order valence-electron chi connectivity index (χ4n) is 4.87. The van der Waals surface area contributed by atoms with Gasteiger partial charge in [0.15, 0.2) is 0 Å². The predicted octanol–water partition coefficient (Wildman–Crippen LogP) is 3.01. The quantitative estimate of drug-likeness (QED) is 0.890. The molecule has 1 aromatic carbocycles. The van der Waals surface area contributed by atoms with E-state index in [9.17, 15) is 4.79 Å². The van der Waals surface area contributed by atoms with Crippen molar-refractivity contribution in [2.24, 2.45) is 5.41 Å². The van der Waals surface area contributed by atoms with Crippen molar-refractivity contribution in [3.8, 4) is 0 Å². The number of carbonyl (C=O) groups excluding carboxylic acids is 1. The Morgan fingerprint density at radius 1 is 1.15 bits per heavy atom. The Labute approximate surface area is 161 Å². The van der Waals surface area contributed by atoms with Gasteiger partial charge >= 0.3 is 0 Å². The van der Waals surface area contributed by atoms with Gasteiger partial charge in [-0.2, -0.15) is 0 Å². The van der Waals surface area contributed by atoms with Crippen molar-refractivity contribution < 1.29 is 4.79 Å². The highest BCUT2D eigenvalue weighted by Gasteiger charge is 2.42. The maximum Gasteiger partial charge on any atom is 0.255 e. The van der Waals surface area contributed by atoms with Crippen molar-refractivity contribution in [2.75, 3.05) is 39.0 Å². The number of anilines is 1. The molecule has 0 bridgehead atoms. The maximum absolute atomic E-state index is 12.8. The normalized spacial score (nSPS) is 22.7. The van der Waals surface area contributed by atoms with Crippen molar-refractivity contribution in [1.82, 2.24) is 14.8 Å². The lowest BCUT2D eigenvalue weighted by atomic mass is 9.68. The molecule has 4 rings (SSSR count). The summed E-state index contributed by atoms with van der Waals surface area (Å²) in [5.74, 6) is 1.09. The largest absolute Gasteiger partial charge is 0.384 e. The molecule has 2 fully saturated rings. The molecule has 0 unspecified atom stereocenters. The number of amides is 1. The Morgan fingerprint density at radius 2 is 1.89 bits per heavy atom. The van der Waals surface area contributed by atoms with Gasteiger partial charge < -0.3 is 15.5 Å². The molecular weight excluding hydrogens is 336 g/mol. The van der Waals surface area contributed by atoms with E-state index in [1.165, 1.54) is 12.0 Å². The number of carbonyl (C=O) groups is 1. The molecule has 2 aromatic rings. The van der Waals surface area contributed by atoms with Gasteiger partial charge in [0, 0.05) is 32.4 Å².